The van der Waals surface area contributed by atoms with Gasteiger partial charge in [-0.15, -0.1) is 11.3 Å². The lowest BCUT2D eigenvalue weighted by molar-refractivity contribution is 0.102. The van der Waals surface area contributed by atoms with Crippen LogP contribution in [0.2, 0.25) is 5.02 Å². The van der Waals surface area contributed by atoms with Crippen molar-refractivity contribution in [3.63, 3.8) is 0 Å². The van der Waals surface area contributed by atoms with Gasteiger partial charge in [-0.05, 0) is 98.7 Å². The molecule has 184 valence electrons. The van der Waals surface area contributed by atoms with Crippen LogP contribution in [0, 0.1) is 13.8 Å². The molecule has 2 heterocycles. The highest BCUT2D eigenvalue weighted by atomic mass is 35.5. The quantitative estimate of drug-likeness (QED) is 0.269. The first-order chi connectivity index (χ1) is 17.5. The van der Waals surface area contributed by atoms with E-state index in [0.29, 0.717) is 16.3 Å². The van der Waals surface area contributed by atoms with Crippen LogP contribution in [0.4, 0.5) is 10.7 Å². The van der Waals surface area contributed by atoms with Gasteiger partial charge < -0.3 is 9.73 Å². The van der Waals surface area contributed by atoms with E-state index in [-0.39, 0.29) is 5.91 Å². The second kappa shape index (κ2) is 10.9. The van der Waals surface area contributed by atoms with Crippen molar-refractivity contribution in [1.29, 1.82) is 0 Å². The molecule has 1 aliphatic carbocycles. The number of halogens is 1. The summed E-state index contributed by atoms with van der Waals surface area (Å²) in [5, 5.41) is 4.60. The number of carbonyl (C=O) groups excluding carboxylic acids is 1. The fraction of sp³-hybridized carbons (Fsp3) is 0.267. The zero-order chi connectivity index (χ0) is 25.1. The second-order valence-electron chi connectivity index (χ2n) is 9.27. The smallest absolute Gasteiger partial charge is 0.259 e. The minimum Gasteiger partial charge on any atom is -0.455 e. The molecule has 0 unspecified atom stereocenters. The number of anilines is 1. The Morgan fingerprint density at radius 1 is 1.00 bits per heavy atom. The third kappa shape index (κ3) is 5.32. The summed E-state index contributed by atoms with van der Waals surface area (Å²) in [6.07, 6.45) is 8.31. The summed E-state index contributed by atoms with van der Waals surface area (Å²) < 4.78 is 6.01. The Labute approximate surface area is 221 Å². The summed E-state index contributed by atoms with van der Waals surface area (Å²) in [5.74, 6) is 1.30. The van der Waals surface area contributed by atoms with E-state index in [2.05, 4.69) is 18.3 Å². The van der Waals surface area contributed by atoms with E-state index in [1.165, 1.54) is 17.7 Å². The molecule has 0 fully saturated rings. The van der Waals surface area contributed by atoms with Crippen molar-refractivity contribution in [3.05, 3.63) is 92.5 Å². The van der Waals surface area contributed by atoms with Gasteiger partial charge in [-0.25, -0.2) is 4.99 Å². The first-order valence-corrected chi connectivity index (χ1v) is 13.6. The molecule has 6 heteroatoms. The molecule has 0 saturated heterocycles. The molecule has 0 bridgehead atoms. The third-order valence-corrected chi connectivity index (χ3v) is 8.25. The largest absolute Gasteiger partial charge is 0.455 e. The molecule has 0 saturated carbocycles. The number of furan rings is 1. The molecule has 2 aromatic carbocycles. The van der Waals surface area contributed by atoms with E-state index in [1.807, 2.05) is 55.5 Å². The highest BCUT2D eigenvalue weighted by molar-refractivity contribution is 7.16. The number of nitrogens with one attached hydrogen (secondary N) is 1. The molecule has 0 spiro atoms. The summed E-state index contributed by atoms with van der Waals surface area (Å²) in [4.78, 5) is 19.7. The minimum absolute atomic E-state index is 0.0878. The highest BCUT2D eigenvalue weighted by Crippen LogP contribution is 2.39. The van der Waals surface area contributed by atoms with Crippen molar-refractivity contribution in [2.45, 2.75) is 52.4 Å². The van der Waals surface area contributed by atoms with Gasteiger partial charge in [0, 0.05) is 21.2 Å². The number of aryl methyl sites for hydroxylation is 2. The van der Waals surface area contributed by atoms with E-state index >= 15 is 0 Å². The lowest BCUT2D eigenvalue weighted by Gasteiger charge is -2.13. The van der Waals surface area contributed by atoms with Gasteiger partial charge in [0.1, 0.15) is 16.5 Å². The van der Waals surface area contributed by atoms with Gasteiger partial charge in [-0.1, -0.05) is 36.6 Å². The van der Waals surface area contributed by atoms with Crippen LogP contribution in [-0.4, -0.2) is 12.1 Å². The van der Waals surface area contributed by atoms with Gasteiger partial charge >= 0.3 is 0 Å². The summed E-state index contributed by atoms with van der Waals surface area (Å²) in [5.41, 5.74) is 5.90. The molecule has 2 aromatic heterocycles. The summed E-state index contributed by atoms with van der Waals surface area (Å²) in [7, 11) is 0. The van der Waals surface area contributed by atoms with E-state index in [1.54, 1.807) is 17.6 Å². The number of amides is 1. The van der Waals surface area contributed by atoms with Crippen LogP contribution in [0.25, 0.3) is 11.3 Å². The highest BCUT2D eigenvalue weighted by Gasteiger charge is 2.24. The van der Waals surface area contributed by atoms with Crippen molar-refractivity contribution in [3.8, 4) is 11.3 Å². The van der Waals surface area contributed by atoms with Crippen LogP contribution in [-0.2, 0) is 12.8 Å². The van der Waals surface area contributed by atoms with Gasteiger partial charge in [-0.3, -0.25) is 4.79 Å². The maximum Gasteiger partial charge on any atom is 0.259 e. The fourth-order valence-corrected chi connectivity index (χ4v) is 5.97. The first kappa shape index (κ1) is 24.5. The predicted molar refractivity (Wildman–Crippen MR) is 150 cm³/mol. The Hall–Kier alpha value is -3.15. The Kier molecular flexibility index (Phi) is 7.40. The third-order valence-electron chi connectivity index (χ3n) is 6.80. The van der Waals surface area contributed by atoms with Crippen molar-refractivity contribution in [2.75, 3.05) is 5.32 Å². The number of thiophene rings is 1. The average molecular weight is 517 g/mol. The molecule has 1 N–H and O–H groups in total. The summed E-state index contributed by atoms with van der Waals surface area (Å²) in [6.45, 7) is 4.10. The zero-order valence-corrected chi connectivity index (χ0v) is 22.1. The Balaban J connectivity index is 1.47. The number of carbonyl (C=O) groups is 1. The van der Waals surface area contributed by atoms with Gasteiger partial charge in [0.25, 0.3) is 5.91 Å². The zero-order valence-electron chi connectivity index (χ0n) is 20.6. The number of fused-ring (bicyclic) bond motifs is 1. The van der Waals surface area contributed by atoms with E-state index in [4.69, 9.17) is 21.0 Å². The Morgan fingerprint density at radius 3 is 2.58 bits per heavy atom. The van der Waals surface area contributed by atoms with Crippen molar-refractivity contribution in [1.82, 2.24) is 0 Å². The number of nitrogens with zero attached hydrogens (tertiary/aromatic N) is 1. The van der Waals surface area contributed by atoms with Gasteiger partial charge in [0.05, 0.1) is 11.8 Å². The van der Waals surface area contributed by atoms with Crippen molar-refractivity contribution in [2.24, 2.45) is 4.99 Å². The lowest BCUT2D eigenvalue weighted by Crippen LogP contribution is -2.15. The molecule has 36 heavy (non-hydrogen) atoms. The lowest BCUT2D eigenvalue weighted by atomic mass is 9.96. The van der Waals surface area contributed by atoms with Gasteiger partial charge in [0.15, 0.2) is 0 Å². The van der Waals surface area contributed by atoms with Gasteiger partial charge in [0.2, 0.25) is 0 Å². The standard InChI is InChI=1S/C30H29ClN2O2S/c1-19-8-7-10-25(20(19)2)33-29(34)28-24-9-5-3-4-6-11-27(24)36-30(28)32-18-23-16-17-26(35-23)21-12-14-22(31)15-13-21/h7-8,10,12-18H,3-6,9,11H2,1-2H3,(H,33,34). The molecule has 0 atom stereocenters. The van der Waals surface area contributed by atoms with Crippen LogP contribution in [0.5, 0.6) is 0 Å². The molecular weight excluding hydrogens is 488 g/mol. The van der Waals surface area contributed by atoms with Crippen LogP contribution in [0.3, 0.4) is 0 Å². The SMILES string of the molecule is Cc1cccc(NC(=O)c2c(N=Cc3ccc(-c4ccc(Cl)cc4)o3)sc3c2CCCCCC3)c1C. The monoisotopic (exact) mass is 516 g/mol. The van der Waals surface area contributed by atoms with Crippen LogP contribution < -0.4 is 5.32 Å². The summed E-state index contributed by atoms with van der Waals surface area (Å²) in [6, 6.07) is 17.4. The first-order valence-electron chi connectivity index (χ1n) is 12.4. The number of aliphatic imine (C=N–C) groups is 1. The Morgan fingerprint density at radius 2 is 1.78 bits per heavy atom. The van der Waals surface area contributed by atoms with Crippen LogP contribution in [0.1, 0.15) is 63.4 Å². The predicted octanol–water partition coefficient (Wildman–Crippen LogP) is 8.94. The molecule has 0 radical (unpaired) electrons. The molecule has 5 rings (SSSR count). The number of hydrogen-bond acceptors (Lipinski definition) is 4. The van der Waals surface area contributed by atoms with Crippen LogP contribution >= 0.6 is 22.9 Å². The van der Waals surface area contributed by atoms with E-state index in [9.17, 15) is 4.79 Å². The molecule has 4 aromatic rings. The molecule has 1 amide bonds. The normalized spacial score (nSPS) is 13.9. The van der Waals surface area contributed by atoms with Crippen molar-refractivity contribution < 1.29 is 9.21 Å². The fourth-order valence-electron chi connectivity index (χ4n) is 4.62. The van der Waals surface area contributed by atoms with Gasteiger partial charge in [-0.2, -0.15) is 0 Å². The van der Waals surface area contributed by atoms with E-state index < -0.39 is 0 Å². The molecule has 1 aliphatic rings. The number of rotatable bonds is 5. The molecule has 0 aliphatic heterocycles. The molecular formula is C30H29ClN2O2S. The molecule has 4 nitrogen and oxygen atoms in total. The van der Waals surface area contributed by atoms with Crippen LogP contribution in [0.15, 0.2) is 64.0 Å². The summed E-state index contributed by atoms with van der Waals surface area (Å²) >= 11 is 7.65. The maximum atomic E-state index is 13.6. The topological polar surface area (TPSA) is 54.6 Å². The maximum absolute atomic E-state index is 13.6. The van der Waals surface area contributed by atoms with E-state index in [0.717, 1.165) is 64.4 Å². The minimum atomic E-state index is -0.0878. The number of benzene rings is 2. The Bertz CT molecular complexity index is 1420. The van der Waals surface area contributed by atoms with Crippen molar-refractivity contribution >= 4 is 45.7 Å². The average Bonchev–Trinajstić information content (AvgIpc) is 3.46. The second-order valence-corrected chi connectivity index (χ2v) is 10.8. The number of hydrogen-bond donors (Lipinski definition) is 1.